The van der Waals surface area contributed by atoms with Crippen LogP contribution in [0.5, 0.6) is 0 Å². The Bertz CT molecular complexity index is 253. The van der Waals surface area contributed by atoms with Gasteiger partial charge in [0.25, 0.3) is 11.8 Å². The predicted molar refractivity (Wildman–Crippen MR) is 60.8 cm³/mol. The molecule has 1 N–H and O–H groups in total. The normalized spacial score (nSPS) is 12.6. The Kier molecular flexibility index (Phi) is 10.4. The minimum absolute atomic E-state index is 0.0556. The van der Waals surface area contributed by atoms with Gasteiger partial charge in [0.05, 0.1) is 6.42 Å². The lowest BCUT2D eigenvalue weighted by Gasteiger charge is -2.10. The average Bonchev–Trinajstić information content (AvgIpc) is 2.61. The zero-order chi connectivity index (χ0) is 13.1. The van der Waals surface area contributed by atoms with E-state index in [-0.39, 0.29) is 13.0 Å². The van der Waals surface area contributed by atoms with Crippen LogP contribution in [0.3, 0.4) is 0 Å². The molecular weight excluding hydrogens is 210 g/mol. The average molecular weight is 229 g/mol. The van der Waals surface area contributed by atoms with Crippen molar-refractivity contribution in [3.05, 3.63) is 12.2 Å². The van der Waals surface area contributed by atoms with Crippen LogP contribution in [-0.2, 0) is 14.4 Å². The van der Waals surface area contributed by atoms with E-state index in [1.165, 1.54) is 0 Å². The van der Waals surface area contributed by atoms with E-state index in [4.69, 9.17) is 5.11 Å². The third-order valence-electron chi connectivity index (χ3n) is 1.45. The fourth-order valence-corrected chi connectivity index (χ4v) is 0.859. The van der Waals surface area contributed by atoms with Gasteiger partial charge in [-0.1, -0.05) is 27.7 Å². The Balaban J connectivity index is 0. The van der Waals surface area contributed by atoms with Gasteiger partial charge in [0.2, 0.25) is 0 Å². The molecule has 16 heavy (non-hydrogen) atoms. The van der Waals surface area contributed by atoms with Gasteiger partial charge >= 0.3 is 5.97 Å². The molecule has 0 radical (unpaired) electrons. The quantitative estimate of drug-likeness (QED) is 0.743. The molecule has 0 spiro atoms. The van der Waals surface area contributed by atoms with Gasteiger partial charge in [0.1, 0.15) is 0 Å². The predicted octanol–water partition coefficient (Wildman–Crippen LogP) is 1.44. The minimum Gasteiger partial charge on any atom is -0.481 e. The van der Waals surface area contributed by atoms with E-state index in [1.54, 1.807) is 0 Å². The van der Waals surface area contributed by atoms with Crippen molar-refractivity contribution in [2.24, 2.45) is 0 Å². The third-order valence-corrected chi connectivity index (χ3v) is 1.45. The number of nitrogens with zero attached hydrogens (tertiary/aromatic N) is 1. The summed E-state index contributed by atoms with van der Waals surface area (Å²) in [6, 6.07) is 0. The van der Waals surface area contributed by atoms with Crippen LogP contribution in [0.4, 0.5) is 0 Å². The van der Waals surface area contributed by atoms with E-state index in [9.17, 15) is 14.4 Å². The summed E-state index contributed by atoms with van der Waals surface area (Å²) in [6.45, 7) is 7.94. The van der Waals surface area contributed by atoms with Gasteiger partial charge in [-0.05, 0) is 0 Å². The van der Waals surface area contributed by atoms with Crippen molar-refractivity contribution in [3.8, 4) is 0 Å². The fourth-order valence-electron chi connectivity index (χ4n) is 0.859. The van der Waals surface area contributed by atoms with Crippen LogP contribution in [0.1, 0.15) is 34.1 Å². The van der Waals surface area contributed by atoms with Crippen LogP contribution in [0, 0.1) is 0 Å². The van der Waals surface area contributed by atoms with Gasteiger partial charge in [-0.2, -0.15) is 0 Å². The lowest BCUT2D eigenvalue weighted by Crippen LogP contribution is -2.31. The fraction of sp³-hybridized carbons (Fsp3) is 0.545. The van der Waals surface area contributed by atoms with Crippen LogP contribution < -0.4 is 0 Å². The lowest BCUT2D eigenvalue weighted by atomic mass is 10.4. The second-order valence-electron chi connectivity index (χ2n) is 2.31. The molecule has 0 unspecified atom stereocenters. The molecule has 0 atom stereocenters. The van der Waals surface area contributed by atoms with Gasteiger partial charge in [-0.25, -0.2) is 0 Å². The summed E-state index contributed by atoms with van der Waals surface area (Å²) in [5.41, 5.74) is 0. The number of rotatable bonds is 3. The number of hydrogen-bond donors (Lipinski definition) is 1. The van der Waals surface area contributed by atoms with Gasteiger partial charge < -0.3 is 5.11 Å². The van der Waals surface area contributed by atoms with Crippen LogP contribution in [0.15, 0.2) is 12.2 Å². The lowest BCUT2D eigenvalue weighted by molar-refractivity contribution is -0.140. The molecule has 0 aromatic carbocycles. The number of carboxylic acid groups (broad SMARTS) is 1. The topological polar surface area (TPSA) is 74.7 Å². The summed E-state index contributed by atoms with van der Waals surface area (Å²) in [6.07, 6.45) is 2.05. The monoisotopic (exact) mass is 229 g/mol. The number of amides is 2. The molecule has 1 heterocycles. The first-order valence-electron chi connectivity index (χ1n) is 5.36. The molecule has 5 heteroatoms. The smallest absolute Gasteiger partial charge is 0.305 e. The molecule has 0 fully saturated rings. The van der Waals surface area contributed by atoms with Crippen molar-refractivity contribution < 1.29 is 19.5 Å². The Labute approximate surface area is 95.7 Å². The molecule has 5 nitrogen and oxygen atoms in total. The van der Waals surface area contributed by atoms with E-state index in [1.807, 2.05) is 27.7 Å². The summed E-state index contributed by atoms with van der Waals surface area (Å²) in [5, 5.41) is 8.28. The molecule has 2 amide bonds. The van der Waals surface area contributed by atoms with Crippen LogP contribution in [0.25, 0.3) is 0 Å². The number of aliphatic carboxylic acids is 1. The molecule has 0 bridgehead atoms. The van der Waals surface area contributed by atoms with Crippen LogP contribution in [0.2, 0.25) is 0 Å². The summed E-state index contributed by atoms with van der Waals surface area (Å²) in [5.74, 6) is -1.91. The Morgan fingerprint density at radius 3 is 1.81 bits per heavy atom. The molecular formula is C11H19NO4. The standard InChI is InChI=1S/C7H7NO4.2C2H6/c9-5-1-2-6(10)8(5)4-3-7(11)12;2*1-2/h1-2H,3-4H2,(H,11,12);2*1-2H3. The SMILES string of the molecule is CC.CC.O=C(O)CCN1C(=O)C=CC1=O. The van der Waals surface area contributed by atoms with E-state index in [2.05, 4.69) is 0 Å². The highest BCUT2D eigenvalue weighted by Gasteiger charge is 2.23. The highest BCUT2D eigenvalue weighted by Crippen LogP contribution is 2.03. The molecule has 1 aliphatic heterocycles. The van der Waals surface area contributed by atoms with Crippen molar-refractivity contribution in [3.63, 3.8) is 0 Å². The number of carbonyl (C=O) groups excluding carboxylic acids is 2. The first-order chi connectivity index (χ1) is 7.61. The van der Waals surface area contributed by atoms with Gasteiger partial charge in [0, 0.05) is 18.7 Å². The van der Waals surface area contributed by atoms with Crippen molar-refractivity contribution in [1.82, 2.24) is 4.90 Å². The van der Waals surface area contributed by atoms with Gasteiger partial charge in [0.15, 0.2) is 0 Å². The summed E-state index contributed by atoms with van der Waals surface area (Å²) < 4.78 is 0. The second kappa shape index (κ2) is 9.89. The minimum atomic E-state index is -1.03. The highest BCUT2D eigenvalue weighted by molar-refractivity contribution is 6.12. The summed E-state index contributed by atoms with van der Waals surface area (Å²) in [4.78, 5) is 32.6. The molecule has 0 aromatic heterocycles. The zero-order valence-electron chi connectivity index (χ0n) is 10.2. The van der Waals surface area contributed by atoms with Crippen molar-refractivity contribution >= 4 is 17.8 Å². The molecule has 92 valence electrons. The number of carboxylic acids is 1. The molecule has 0 aliphatic carbocycles. The first kappa shape index (κ1) is 16.8. The van der Waals surface area contributed by atoms with Gasteiger partial charge in [-0.3, -0.25) is 19.3 Å². The van der Waals surface area contributed by atoms with Crippen molar-refractivity contribution in [1.29, 1.82) is 0 Å². The molecule has 1 aliphatic rings. The second-order valence-corrected chi connectivity index (χ2v) is 2.31. The van der Waals surface area contributed by atoms with Crippen molar-refractivity contribution in [2.45, 2.75) is 34.1 Å². The maximum Gasteiger partial charge on any atom is 0.305 e. The maximum absolute atomic E-state index is 10.8. The molecule has 0 aromatic rings. The molecule has 0 saturated heterocycles. The summed E-state index contributed by atoms with van der Waals surface area (Å²) >= 11 is 0. The van der Waals surface area contributed by atoms with Crippen LogP contribution >= 0.6 is 0 Å². The van der Waals surface area contributed by atoms with E-state index in [0.717, 1.165) is 17.1 Å². The van der Waals surface area contributed by atoms with E-state index >= 15 is 0 Å². The first-order valence-corrected chi connectivity index (χ1v) is 5.36. The highest BCUT2D eigenvalue weighted by atomic mass is 16.4. The Hall–Kier alpha value is -1.65. The maximum atomic E-state index is 10.8. The number of carbonyl (C=O) groups is 3. The third kappa shape index (κ3) is 5.95. The van der Waals surface area contributed by atoms with E-state index in [0.29, 0.717) is 0 Å². The largest absolute Gasteiger partial charge is 0.481 e. The van der Waals surface area contributed by atoms with Crippen LogP contribution in [-0.4, -0.2) is 34.3 Å². The Morgan fingerprint density at radius 2 is 1.50 bits per heavy atom. The van der Waals surface area contributed by atoms with Gasteiger partial charge in [-0.15, -0.1) is 0 Å². The summed E-state index contributed by atoms with van der Waals surface area (Å²) in [7, 11) is 0. The molecule has 1 rings (SSSR count). The zero-order valence-corrected chi connectivity index (χ0v) is 10.2. The molecule has 0 saturated carbocycles. The number of imide groups is 1. The van der Waals surface area contributed by atoms with E-state index < -0.39 is 17.8 Å². The Morgan fingerprint density at radius 1 is 1.12 bits per heavy atom. The van der Waals surface area contributed by atoms with Crippen molar-refractivity contribution in [2.75, 3.05) is 6.54 Å². The number of hydrogen-bond acceptors (Lipinski definition) is 3.